The van der Waals surface area contributed by atoms with Gasteiger partial charge in [-0.3, -0.25) is 4.79 Å². The Balaban J connectivity index is 1.67. The van der Waals surface area contributed by atoms with Crippen molar-refractivity contribution in [3.63, 3.8) is 0 Å². The van der Waals surface area contributed by atoms with Gasteiger partial charge < -0.3 is 14.2 Å². The molecular formula is C27H28N2O5. The second-order valence-electron chi connectivity index (χ2n) is 7.42. The van der Waals surface area contributed by atoms with Crippen molar-refractivity contribution in [2.45, 2.75) is 27.2 Å². The SMILES string of the molecule is CCCOc1ccc(C(=O)Oc2ccc(/C=N/NC(=O)c3ccccc3C)cc2OCC)cc1. The van der Waals surface area contributed by atoms with Gasteiger partial charge in [0.1, 0.15) is 5.75 Å². The number of carbonyl (C=O) groups excluding carboxylic acids is 2. The van der Waals surface area contributed by atoms with Gasteiger partial charge in [-0.15, -0.1) is 0 Å². The summed E-state index contributed by atoms with van der Waals surface area (Å²) in [7, 11) is 0. The summed E-state index contributed by atoms with van der Waals surface area (Å²) in [6.07, 6.45) is 2.41. The van der Waals surface area contributed by atoms with E-state index in [1.807, 2.05) is 32.9 Å². The van der Waals surface area contributed by atoms with Crippen LogP contribution in [0.1, 0.15) is 52.1 Å². The third-order valence-electron chi connectivity index (χ3n) is 4.80. The molecule has 7 heteroatoms. The summed E-state index contributed by atoms with van der Waals surface area (Å²) < 4.78 is 16.7. The first-order chi connectivity index (χ1) is 16.5. The van der Waals surface area contributed by atoms with Crippen molar-refractivity contribution in [1.29, 1.82) is 0 Å². The molecule has 34 heavy (non-hydrogen) atoms. The van der Waals surface area contributed by atoms with Crippen molar-refractivity contribution in [3.8, 4) is 17.2 Å². The smallest absolute Gasteiger partial charge is 0.343 e. The molecule has 3 aromatic rings. The number of rotatable bonds is 10. The highest BCUT2D eigenvalue weighted by Crippen LogP contribution is 2.29. The van der Waals surface area contributed by atoms with E-state index in [4.69, 9.17) is 14.2 Å². The Morgan fingerprint density at radius 3 is 2.41 bits per heavy atom. The van der Waals surface area contributed by atoms with E-state index >= 15 is 0 Å². The summed E-state index contributed by atoms with van der Waals surface area (Å²) in [4.78, 5) is 24.9. The van der Waals surface area contributed by atoms with E-state index in [0.29, 0.717) is 47.2 Å². The maximum atomic E-state index is 12.6. The molecule has 0 unspecified atom stereocenters. The first-order valence-electron chi connectivity index (χ1n) is 11.1. The van der Waals surface area contributed by atoms with Gasteiger partial charge in [-0.1, -0.05) is 25.1 Å². The third-order valence-corrected chi connectivity index (χ3v) is 4.80. The van der Waals surface area contributed by atoms with Crippen LogP contribution in [0.25, 0.3) is 0 Å². The normalized spacial score (nSPS) is 10.7. The number of carbonyl (C=O) groups is 2. The zero-order valence-electron chi connectivity index (χ0n) is 19.5. The largest absolute Gasteiger partial charge is 0.494 e. The number of ether oxygens (including phenoxy) is 3. The molecule has 0 aliphatic heterocycles. The fourth-order valence-electron chi connectivity index (χ4n) is 3.08. The topological polar surface area (TPSA) is 86.2 Å². The van der Waals surface area contributed by atoms with Crippen LogP contribution in [0.3, 0.4) is 0 Å². The number of nitrogens with one attached hydrogen (secondary N) is 1. The number of amides is 1. The number of benzene rings is 3. The fraction of sp³-hybridized carbons (Fsp3) is 0.222. The van der Waals surface area contributed by atoms with Crippen LogP contribution >= 0.6 is 0 Å². The molecule has 1 N–H and O–H groups in total. The molecule has 176 valence electrons. The van der Waals surface area contributed by atoms with Crippen molar-refractivity contribution in [2.75, 3.05) is 13.2 Å². The van der Waals surface area contributed by atoms with Gasteiger partial charge in [0.15, 0.2) is 11.5 Å². The molecule has 0 bridgehead atoms. The minimum Gasteiger partial charge on any atom is -0.494 e. The zero-order chi connectivity index (χ0) is 24.3. The van der Waals surface area contributed by atoms with E-state index < -0.39 is 5.97 Å². The van der Waals surface area contributed by atoms with E-state index in [2.05, 4.69) is 10.5 Å². The highest BCUT2D eigenvalue weighted by molar-refractivity contribution is 5.96. The van der Waals surface area contributed by atoms with Gasteiger partial charge in [0, 0.05) is 5.56 Å². The van der Waals surface area contributed by atoms with Crippen molar-refractivity contribution < 1.29 is 23.8 Å². The number of nitrogens with zero attached hydrogens (tertiary/aromatic N) is 1. The van der Waals surface area contributed by atoms with Crippen LogP contribution in [0.2, 0.25) is 0 Å². The molecule has 0 heterocycles. The predicted octanol–water partition coefficient (Wildman–Crippen LogP) is 5.17. The fourth-order valence-corrected chi connectivity index (χ4v) is 3.08. The Kier molecular flexibility index (Phi) is 8.80. The maximum absolute atomic E-state index is 12.6. The molecule has 0 atom stereocenters. The summed E-state index contributed by atoms with van der Waals surface area (Å²) in [5, 5.41) is 4.03. The summed E-state index contributed by atoms with van der Waals surface area (Å²) in [6.45, 7) is 6.73. The first-order valence-corrected chi connectivity index (χ1v) is 11.1. The van der Waals surface area contributed by atoms with Crippen LogP contribution in [0.5, 0.6) is 17.2 Å². The molecule has 0 radical (unpaired) electrons. The number of hydrogen-bond acceptors (Lipinski definition) is 6. The predicted molar refractivity (Wildman–Crippen MR) is 131 cm³/mol. The Morgan fingerprint density at radius 1 is 0.941 bits per heavy atom. The monoisotopic (exact) mass is 460 g/mol. The van der Waals surface area contributed by atoms with Gasteiger partial charge in [0.05, 0.1) is 25.0 Å². The molecule has 7 nitrogen and oxygen atoms in total. The van der Waals surface area contributed by atoms with Crippen molar-refractivity contribution in [1.82, 2.24) is 5.43 Å². The summed E-state index contributed by atoms with van der Waals surface area (Å²) in [5.74, 6) is 0.588. The second kappa shape index (κ2) is 12.2. The standard InChI is InChI=1S/C27H28N2O5/c1-4-16-33-22-13-11-21(12-14-22)27(31)34-24-15-10-20(17-25(24)32-5-2)18-28-29-26(30)23-9-7-6-8-19(23)3/h6-15,17-18H,4-5,16H2,1-3H3,(H,29,30)/b28-18+. The second-order valence-corrected chi connectivity index (χ2v) is 7.42. The molecule has 0 saturated carbocycles. The van der Waals surface area contributed by atoms with Gasteiger partial charge in [-0.2, -0.15) is 5.10 Å². The summed E-state index contributed by atoms with van der Waals surface area (Å²) in [5.41, 5.74) is 5.01. The van der Waals surface area contributed by atoms with Gasteiger partial charge >= 0.3 is 5.97 Å². The molecule has 3 rings (SSSR count). The highest BCUT2D eigenvalue weighted by Gasteiger charge is 2.14. The van der Waals surface area contributed by atoms with Crippen molar-refractivity contribution >= 4 is 18.1 Å². The lowest BCUT2D eigenvalue weighted by molar-refractivity contribution is 0.0728. The first kappa shape index (κ1) is 24.5. The Morgan fingerprint density at radius 2 is 1.71 bits per heavy atom. The van der Waals surface area contributed by atoms with Gasteiger partial charge in [-0.05, 0) is 79.9 Å². The molecule has 0 fully saturated rings. The Labute approximate surface area is 199 Å². The van der Waals surface area contributed by atoms with Crippen LogP contribution < -0.4 is 19.6 Å². The third kappa shape index (κ3) is 6.68. The molecule has 3 aromatic carbocycles. The molecular weight excluding hydrogens is 432 g/mol. The summed E-state index contributed by atoms with van der Waals surface area (Å²) >= 11 is 0. The maximum Gasteiger partial charge on any atom is 0.343 e. The molecule has 0 aromatic heterocycles. The number of esters is 1. The van der Waals surface area contributed by atoms with Gasteiger partial charge in [0.25, 0.3) is 5.91 Å². The molecule has 0 spiro atoms. The average Bonchev–Trinajstić information content (AvgIpc) is 2.85. The lowest BCUT2D eigenvalue weighted by Crippen LogP contribution is -2.18. The summed E-state index contributed by atoms with van der Waals surface area (Å²) in [6, 6.07) is 19.1. The van der Waals surface area contributed by atoms with Gasteiger partial charge in [0.2, 0.25) is 0 Å². The molecule has 1 amide bonds. The van der Waals surface area contributed by atoms with Crippen LogP contribution in [0.15, 0.2) is 71.8 Å². The van der Waals surface area contributed by atoms with Gasteiger partial charge in [-0.25, -0.2) is 10.2 Å². The zero-order valence-corrected chi connectivity index (χ0v) is 19.5. The van der Waals surface area contributed by atoms with Crippen LogP contribution in [-0.4, -0.2) is 31.3 Å². The lowest BCUT2D eigenvalue weighted by Gasteiger charge is -2.12. The minimum absolute atomic E-state index is 0.291. The molecule has 0 aliphatic rings. The van der Waals surface area contributed by atoms with Crippen molar-refractivity contribution in [2.24, 2.45) is 5.10 Å². The van der Waals surface area contributed by atoms with E-state index in [9.17, 15) is 9.59 Å². The number of aryl methyl sites for hydroxylation is 1. The minimum atomic E-state index is -0.505. The number of hydrazone groups is 1. The highest BCUT2D eigenvalue weighted by atomic mass is 16.6. The van der Waals surface area contributed by atoms with Crippen LogP contribution in [0.4, 0.5) is 0 Å². The van der Waals surface area contributed by atoms with Crippen LogP contribution in [0, 0.1) is 6.92 Å². The quantitative estimate of drug-likeness (QED) is 0.195. The average molecular weight is 461 g/mol. The molecule has 0 saturated heterocycles. The van der Waals surface area contributed by atoms with E-state index in [1.165, 1.54) is 6.21 Å². The van der Waals surface area contributed by atoms with Crippen LogP contribution in [-0.2, 0) is 0 Å². The molecule has 0 aliphatic carbocycles. The van der Waals surface area contributed by atoms with Crippen molar-refractivity contribution in [3.05, 3.63) is 89.0 Å². The van der Waals surface area contributed by atoms with E-state index in [1.54, 1.807) is 54.6 Å². The Hall–Kier alpha value is -4.13. The number of hydrogen-bond donors (Lipinski definition) is 1. The lowest BCUT2D eigenvalue weighted by atomic mass is 10.1. The van der Waals surface area contributed by atoms with E-state index in [-0.39, 0.29) is 5.91 Å². The Bertz CT molecular complexity index is 1160. The van der Waals surface area contributed by atoms with E-state index in [0.717, 1.165) is 12.0 Å².